The molecular formula is C16H23ClFN3O. The van der Waals surface area contributed by atoms with Gasteiger partial charge in [-0.05, 0) is 70.1 Å². The van der Waals surface area contributed by atoms with E-state index in [9.17, 15) is 9.18 Å². The number of anilines is 1. The normalized spacial score (nSPS) is 16.7. The fraction of sp³-hybridized carbons (Fsp3) is 0.562. The van der Waals surface area contributed by atoms with Gasteiger partial charge in [0.15, 0.2) is 0 Å². The molecule has 6 heteroatoms. The molecule has 1 aliphatic rings. The number of amides is 1. The molecule has 0 aliphatic carbocycles. The Morgan fingerprint density at radius 2 is 2.14 bits per heavy atom. The Hall–Kier alpha value is -1.17. The molecule has 0 aromatic heterocycles. The first kappa shape index (κ1) is 17.2. The van der Waals surface area contributed by atoms with Crippen LogP contribution in [-0.2, 0) is 4.79 Å². The topological polar surface area (TPSA) is 44.4 Å². The maximum atomic E-state index is 13.1. The summed E-state index contributed by atoms with van der Waals surface area (Å²) < 4.78 is 13.1. The van der Waals surface area contributed by atoms with Gasteiger partial charge in [-0.3, -0.25) is 9.69 Å². The van der Waals surface area contributed by atoms with Crippen LogP contribution >= 0.6 is 11.6 Å². The fourth-order valence-corrected chi connectivity index (χ4v) is 2.94. The number of halogens is 2. The predicted molar refractivity (Wildman–Crippen MR) is 87.7 cm³/mol. The van der Waals surface area contributed by atoms with Crippen molar-refractivity contribution in [2.45, 2.75) is 19.3 Å². The SMILES string of the molecule is CNCCC1CCN(CC(=O)Nc2ccc(F)c(Cl)c2)CC1. The Balaban J connectivity index is 1.75. The molecular weight excluding hydrogens is 305 g/mol. The van der Waals surface area contributed by atoms with Crippen LogP contribution in [0.1, 0.15) is 19.3 Å². The summed E-state index contributed by atoms with van der Waals surface area (Å²) >= 11 is 5.71. The number of hydrogen-bond acceptors (Lipinski definition) is 3. The largest absolute Gasteiger partial charge is 0.325 e. The summed E-state index contributed by atoms with van der Waals surface area (Å²) in [5.74, 6) is 0.183. The number of piperidine rings is 1. The van der Waals surface area contributed by atoms with E-state index in [0.29, 0.717) is 12.2 Å². The molecule has 2 N–H and O–H groups in total. The predicted octanol–water partition coefficient (Wildman–Crippen LogP) is 2.74. The van der Waals surface area contributed by atoms with E-state index in [2.05, 4.69) is 15.5 Å². The lowest BCUT2D eigenvalue weighted by molar-refractivity contribution is -0.117. The minimum absolute atomic E-state index is 0.0168. The minimum atomic E-state index is -0.483. The van der Waals surface area contributed by atoms with E-state index in [0.717, 1.165) is 38.4 Å². The van der Waals surface area contributed by atoms with Crippen LogP contribution in [0.15, 0.2) is 18.2 Å². The molecule has 22 heavy (non-hydrogen) atoms. The summed E-state index contributed by atoms with van der Waals surface area (Å²) in [6.07, 6.45) is 3.47. The summed E-state index contributed by atoms with van der Waals surface area (Å²) in [5, 5.41) is 5.96. The van der Waals surface area contributed by atoms with Crippen molar-refractivity contribution in [3.05, 3.63) is 29.0 Å². The molecule has 0 saturated carbocycles. The molecule has 122 valence electrons. The summed E-state index contributed by atoms with van der Waals surface area (Å²) in [7, 11) is 1.97. The first-order chi connectivity index (χ1) is 10.6. The van der Waals surface area contributed by atoms with Crippen molar-refractivity contribution in [3.63, 3.8) is 0 Å². The molecule has 1 saturated heterocycles. The van der Waals surface area contributed by atoms with Crippen LogP contribution in [0, 0.1) is 11.7 Å². The van der Waals surface area contributed by atoms with Crippen LogP contribution in [0.3, 0.4) is 0 Å². The molecule has 1 aromatic carbocycles. The van der Waals surface area contributed by atoms with Crippen LogP contribution < -0.4 is 10.6 Å². The third kappa shape index (κ3) is 5.23. The summed E-state index contributed by atoms with van der Waals surface area (Å²) in [5.41, 5.74) is 0.528. The Kier molecular flexibility index (Phi) is 6.61. The van der Waals surface area contributed by atoms with Gasteiger partial charge >= 0.3 is 0 Å². The smallest absolute Gasteiger partial charge is 0.238 e. The fourth-order valence-electron chi connectivity index (χ4n) is 2.76. The lowest BCUT2D eigenvalue weighted by atomic mass is 9.93. The zero-order chi connectivity index (χ0) is 15.9. The van der Waals surface area contributed by atoms with Crippen LogP contribution in [0.25, 0.3) is 0 Å². The molecule has 4 nitrogen and oxygen atoms in total. The van der Waals surface area contributed by atoms with E-state index in [1.807, 2.05) is 7.05 Å². The van der Waals surface area contributed by atoms with Gasteiger partial charge in [0.25, 0.3) is 0 Å². The zero-order valence-electron chi connectivity index (χ0n) is 12.9. The van der Waals surface area contributed by atoms with Gasteiger partial charge in [0.1, 0.15) is 5.82 Å². The second-order valence-electron chi connectivity index (χ2n) is 5.79. The van der Waals surface area contributed by atoms with Crippen molar-refractivity contribution < 1.29 is 9.18 Å². The van der Waals surface area contributed by atoms with Crippen molar-refractivity contribution in [1.29, 1.82) is 0 Å². The molecule has 0 bridgehead atoms. The number of carbonyl (C=O) groups is 1. The highest BCUT2D eigenvalue weighted by atomic mass is 35.5. The molecule has 1 amide bonds. The number of hydrogen-bond donors (Lipinski definition) is 2. The van der Waals surface area contributed by atoms with Gasteiger partial charge in [-0.2, -0.15) is 0 Å². The average molecular weight is 328 g/mol. The molecule has 0 atom stereocenters. The van der Waals surface area contributed by atoms with Gasteiger partial charge in [0.2, 0.25) is 5.91 Å². The molecule has 0 unspecified atom stereocenters. The standard InChI is InChI=1S/C16H23ClFN3O/c1-19-7-4-12-5-8-21(9-6-12)11-16(22)20-13-2-3-15(18)14(17)10-13/h2-3,10,12,19H,4-9,11H2,1H3,(H,20,22). The van der Waals surface area contributed by atoms with E-state index < -0.39 is 5.82 Å². The molecule has 1 fully saturated rings. The summed E-state index contributed by atoms with van der Waals surface area (Å²) in [6.45, 7) is 3.32. The van der Waals surface area contributed by atoms with E-state index in [1.54, 1.807) is 0 Å². The lowest BCUT2D eigenvalue weighted by Gasteiger charge is -2.31. The van der Waals surface area contributed by atoms with Crippen LogP contribution in [0.2, 0.25) is 5.02 Å². The molecule has 2 rings (SSSR count). The van der Waals surface area contributed by atoms with E-state index >= 15 is 0 Å². The minimum Gasteiger partial charge on any atom is -0.325 e. The van der Waals surface area contributed by atoms with E-state index in [-0.39, 0.29) is 10.9 Å². The number of benzene rings is 1. The number of nitrogens with one attached hydrogen (secondary N) is 2. The van der Waals surface area contributed by atoms with Crippen molar-refractivity contribution in [3.8, 4) is 0 Å². The zero-order valence-corrected chi connectivity index (χ0v) is 13.6. The van der Waals surface area contributed by atoms with E-state index in [1.165, 1.54) is 24.6 Å². The van der Waals surface area contributed by atoms with Gasteiger partial charge in [0, 0.05) is 5.69 Å². The second-order valence-corrected chi connectivity index (χ2v) is 6.20. The Morgan fingerprint density at radius 1 is 1.41 bits per heavy atom. The molecule has 0 spiro atoms. The maximum absolute atomic E-state index is 13.1. The van der Waals surface area contributed by atoms with Crippen molar-refractivity contribution in [1.82, 2.24) is 10.2 Å². The van der Waals surface area contributed by atoms with Gasteiger partial charge in [-0.15, -0.1) is 0 Å². The van der Waals surface area contributed by atoms with E-state index in [4.69, 9.17) is 11.6 Å². The molecule has 1 aromatic rings. The van der Waals surface area contributed by atoms with Crippen LogP contribution in [0.4, 0.5) is 10.1 Å². The van der Waals surface area contributed by atoms with Crippen molar-refractivity contribution in [2.24, 2.45) is 5.92 Å². The van der Waals surface area contributed by atoms with Gasteiger partial charge in [0.05, 0.1) is 11.6 Å². The summed E-state index contributed by atoms with van der Waals surface area (Å²) in [6, 6.07) is 4.20. The van der Waals surface area contributed by atoms with Gasteiger partial charge in [-0.1, -0.05) is 11.6 Å². The molecule has 1 heterocycles. The van der Waals surface area contributed by atoms with Crippen molar-refractivity contribution >= 4 is 23.2 Å². The van der Waals surface area contributed by atoms with Crippen LogP contribution in [0.5, 0.6) is 0 Å². The highest BCUT2D eigenvalue weighted by Crippen LogP contribution is 2.21. The number of carbonyl (C=O) groups excluding carboxylic acids is 1. The quantitative estimate of drug-likeness (QED) is 0.844. The Morgan fingerprint density at radius 3 is 2.77 bits per heavy atom. The number of nitrogens with zero attached hydrogens (tertiary/aromatic N) is 1. The number of likely N-dealkylation sites (tertiary alicyclic amines) is 1. The Bertz CT molecular complexity index is 504. The third-order valence-electron chi connectivity index (χ3n) is 4.08. The molecule has 0 radical (unpaired) electrons. The van der Waals surface area contributed by atoms with Crippen LogP contribution in [-0.4, -0.2) is 44.0 Å². The highest BCUT2D eigenvalue weighted by molar-refractivity contribution is 6.31. The monoisotopic (exact) mass is 327 g/mol. The summed E-state index contributed by atoms with van der Waals surface area (Å²) in [4.78, 5) is 14.2. The maximum Gasteiger partial charge on any atom is 0.238 e. The average Bonchev–Trinajstić information content (AvgIpc) is 2.50. The van der Waals surface area contributed by atoms with Gasteiger partial charge < -0.3 is 10.6 Å². The lowest BCUT2D eigenvalue weighted by Crippen LogP contribution is -2.39. The van der Waals surface area contributed by atoms with Gasteiger partial charge in [-0.25, -0.2) is 4.39 Å². The third-order valence-corrected chi connectivity index (χ3v) is 4.37. The van der Waals surface area contributed by atoms with Crippen molar-refractivity contribution in [2.75, 3.05) is 38.5 Å². The first-order valence-corrected chi connectivity index (χ1v) is 8.08. The number of rotatable bonds is 6. The Labute approximate surface area is 136 Å². The second kappa shape index (κ2) is 8.46. The highest BCUT2D eigenvalue weighted by Gasteiger charge is 2.20. The molecule has 1 aliphatic heterocycles. The first-order valence-electron chi connectivity index (χ1n) is 7.70.